The van der Waals surface area contributed by atoms with Crippen LogP contribution in [-0.2, 0) is 28.4 Å². The molecule has 0 aromatic heterocycles. The van der Waals surface area contributed by atoms with E-state index in [1.165, 1.54) is 12.1 Å². The quantitative estimate of drug-likeness (QED) is 0.0962. The standard InChI is InChI=1S/C25H42O14/c26-1-4-31-7-10-34-13-16-37-22-19-21(25(29)30)20-23(38-17-14-35-11-8-32-5-2-27)24(22)39-18-15-36-12-9-33-6-3-28/h19-20,26-28H,1-18H2,(H,29,30). The summed E-state index contributed by atoms with van der Waals surface area (Å²) in [6, 6.07) is 2.68. The third kappa shape index (κ3) is 17.8. The van der Waals surface area contributed by atoms with E-state index in [9.17, 15) is 9.90 Å². The molecule has 1 aromatic carbocycles. The van der Waals surface area contributed by atoms with Crippen molar-refractivity contribution in [3.63, 3.8) is 0 Å². The average Bonchev–Trinajstić information content (AvgIpc) is 2.93. The van der Waals surface area contributed by atoms with E-state index >= 15 is 0 Å². The fourth-order valence-electron chi connectivity index (χ4n) is 2.84. The van der Waals surface area contributed by atoms with E-state index in [1.807, 2.05) is 0 Å². The first-order chi connectivity index (χ1) is 19.1. The fourth-order valence-corrected chi connectivity index (χ4v) is 2.84. The summed E-state index contributed by atoms with van der Waals surface area (Å²) in [5, 5.41) is 35.7. The van der Waals surface area contributed by atoms with Crippen molar-refractivity contribution in [1.82, 2.24) is 0 Å². The number of carboxylic acid groups (broad SMARTS) is 1. The van der Waals surface area contributed by atoms with Crippen LogP contribution in [0.15, 0.2) is 12.1 Å². The van der Waals surface area contributed by atoms with E-state index in [4.69, 9.17) is 58.0 Å². The van der Waals surface area contributed by atoms with Gasteiger partial charge in [0.15, 0.2) is 11.5 Å². The van der Waals surface area contributed by atoms with Gasteiger partial charge in [0.25, 0.3) is 0 Å². The minimum atomic E-state index is -1.17. The first kappa shape index (κ1) is 34.8. The SMILES string of the molecule is O=C(O)c1cc(OCCOCCOCCO)c(OCCOCCOCCO)c(OCCOCCOCCO)c1. The second-order valence-electron chi connectivity index (χ2n) is 7.50. The van der Waals surface area contributed by atoms with E-state index in [0.717, 1.165) is 0 Å². The van der Waals surface area contributed by atoms with Crippen LogP contribution in [0.5, 0.6) is 17.2 Å². The third-order valence-electron chi connectivity index (χ3n) is 4.54. The molecule has 0 atom stereocenters. The number of aliphatic hydroxyl groups is 3. The Morgan fingerprint density at radius 3 is 1.13 bits per heavy atom. The van der Waals surface area contributed by atoms with Gasteiger partial charge in [0.05, 0.1) is 105 Å². The molecule has 0 fully saturated rings. The topological polar surface area (TPSA) is 181 Å². The normalized spacial score (nSPS) is 11.1. The Hall–Kier alpha value is -2.27. The number of aromatic carboxylic acids is 1. The van der Waals surface area contributed by atoms with Crippen LogP contribution >= 0.6 is 0 Å². The minimum Gasteiger partial charge on any atom is -0.487 e. The van der Waals surface area contributed by atoms with Gasteiger partial charge >= 0.3 is 5.97 Å². The zero-order chi connectivity index (χ0) is 28.4. The zero-order valence-electron chi connectivity index (χ0n) is 22.3. The van der Waals surface area contributed by atoms with Crippen molar-refractivity contribution in [2.75, 3.05) is 119 Å². The molecule has 1 aromatic rings. The molecule has 1 rings (SSSR count). The number of aliphatic hydroxyl groups excluding tert-OH is 3. The lowest BCUT2D eigenvalue weighted by Gasteiger charge is -2.18. The molecule has 0 saturated heterocycles. The summed E-state index contributed by atoms with van der Waals surface area (Å²) in [6.45, 7) is 3.36. The van der Waals surface area contributed by atoms with Crippen molar-refractivity contribution in [2.24, 2.45) is 0 Å². The van der Waals surface area contributed by atoms with Crippen LogP contribution in [-0.4, -0.2) is 145 Å². The fraction of sp³-hybridized carbons (Fsp3) is 0.720. The summed E-state index contributed by atoms with van der Waals surface area (Å²) in [7, 11) is 0. The number of ether oxygens (including phenoxy) is 9. The minimum absolute atomic E-state index is 0.0544. The molecule has 0 saturated carbocycles. The summed E-state index contributed by atoms with van der Waals surface area (Å²) < 4.78 is 49.1. The second-order valence-corrected chi connectivity index (χ2v) is 7.50. The van der Waals surface area contributed by atoms with Crippen molar-refractivity contribution in [2.45, 2.75) is 0 Å². The Morgan fingerprint density at radius 2 is 0.795 bits per heavy atom. The maximum absolute atomic E-state index is 11.7. The Bertz CT molecular complexity index is 692. The molecule has 0 unspecified atom stereocenters. The monoisotopic (exact) mass is 566 g/mol. The predicted octanol–water partition coefficient (Wildman–Crippen LogP) is -0.402. The number of carbonyl (C=O) groups is 1. The molecule has 0 bridgehead atoms. The number of rotatable bonds is 28. The van der Waals surface area contributed by atoms with Gasteiger partial charge in [0, 0.05) is 0 Å². The van der Waals surface area contributed by atoms with Crippen molar-refractivity contribution >= 4 is 5.97 Å². The first-order valence-corrected chi connectivity index (χ1v) is 12.7. The van der Waals surface area contributed by atoms with Crippen molar-refractivity contribution in [3.8, 4) is 17.2 Å². The molecule has 14 nitrogen and oxygen atoms in total. The summed E-state index contributed by atoms with van der Waals surface area (Å²) in [5.74, 6) is -0.640. The van der Waals surface area contributed by atoms with Gasteiger partial charge < -0.3 is 63.1 Å². The highest BCUT2D eigenvalue weighted by Gasteiger charge is 2.19. The summed E-state index contributed by atoms with van der Waals surface area (Å²) >= 11 is 0. The van der Waals surface area contributed by atoms with Crippen LogP contribution in [0.3, 0.4) is 0 Å². The third-order valence-corrected chi connectivity index (χ3v) is 4.54. The van der Waals surface area contributed by atoms with Gasteiger partial charge in [-0.3, -0.25) is 0 Å². The summed E-state index contributed by atoms with van der Waals surface area (Å²) in [4.78, 5) is 11.7. The van der Waals surface area contributed by atoms with E-state index in [-0.39, 0.29) is 102 Å². The Kier molecular flexibility index (Phi) is 22.1. The van der Waals surface area contributed by atoms with Crippen LogP contribution in [0.2, 0.25) is 0 Å². The van der Waals surface area contributed by atoms with E-state index in [2.05, 4.69) is 0 Å². The van der Waals surface area contributed by atoms with E-state index in [0.29, 0.717) is 39.6 Å². The van der Waals surface area contributed by atoms with Crippen molar-refractivity contribution in [1.29, 1.82) is 0 Å². The molecular formula is C25H42O14. The lowest BCUT2D eigenvalue weighted by Crippen LogP contribution is -2.16. The molecule has 4 N–H and O–H groups in total. The van der Waals surface area contributed by atoms with Crippen LogP contribution in [0.4, 0.5) is 0 Å². The highest BCUT2D eigenvalue weighted by Crippen LogP contribution is 2.39. The van der Waals surface area contributed by atoms with E-state index < -0.39 is 5.97 Å². The lowest BCUT2D eigenvalue weighted by atomic mass is 10.2. The molecule has 39 heavy (non-hydrogen) atoms. The largest absolute Gasteiger partial charge is 0.487 e. The molecule has 0 spiro atoms. The summed E-state index contributed by atoms with van der Waals surface area (Å²) in [5.41, 5.74) is -0.0544. The molecule has 0 aliphatic carbocycles. The zero-order valence-corrected chi connectivity index (χ0v) is 22.3. The molecule has 0 amide bonds. The van der Waals surface area contributed by atoms with Gasteiger partial charge in [-0.15, -0.1) is 0 Å². The van der Waals surface area contributed by atoms with E-state index in [1.54, 1.807) is 0 Å². The Morgan fingerprint density at radius 1 is 0.487 bits per heavy atom. The number of carboxylic acids is 1. The number of benzene rings is 1. The number of hydrogen-bond acceptors (Lipinski definition) is 13. The van der Waals surface area contributed by atoms with Crippen molar-refractivity contribution in [3.05, 3.63) is 17.7 Å². The highest BCUT2D eigenvalue weighted by molar-refractivity contribution is 5.89. The van der Waals surface area contributed by atoms with Crippen LogP contribution in [0, 0.1) is 0 Å². The van der Waals surface area contributed by atoms with Gasteiger partial charge in [-0.05, 0) is 12.1 Å². The summed E-state index contributed by atoms with van der Waals surface area (Å²) in [6.07, 6.45) is 0. The highest BCUT2D eigenvalue weighted by atomic mass is 16.6. The second kappa shape index (κ2) is 24.7. The first-order valence-electron chi connectivity index (χ1n) is 12.7. The van der Waals surface area contributed by atoms with Crippen LogP contribution in [0.25, 0.3) is 0 Å². The Labute approximate surface area is 228 Å². The molecule has 226 valence electrons. The van der Waals surface area contributed by atoms with Gasteiger partial charge in [-0.2, -0.15) is 0 Å². The van der Waals surface area contributed by atoms with Gasteiger partial charge in [-0.25, -0.2) is 4.79 Å². The lowest BCUT2D eigenvalue weighted by molar-refractivity contribution is 0.0206. The number of hydrogen-bond donors (Lipinski definition) is 4. The smallest absolute Gasteiger partial charge is 0.335 e. The molecule has 0 aliphatic heterocycles. The molecule has 0 radical (unpaired) electrons. The maximum Gasteiger partial charge on any atom is 0.335 e. The Balaban J connectivity index is 2.73. The predicted molar refractivity (Wildman–Crippen MR) is 136 cm³/mol. The molecule has 0 heterocycles. The molecular weight excluding hydrogens is 524 g/mol. The average molecular weight is 567 g/mol. The van der Waals surface area contributed by atoms with Gasteiger partial charge in [0.2, 0.25) is 5.75 Å². The molecule has 14 heteroatoms. The molecule has 0 aliphatic rings. The van der Waals surface area contributed by atoms with Crippen LogP contribution in [0.1, 0.15) is 10.4 Å². The van der Waals surface area contributed by atoms with Crippen LogP contribution < -0.4 is 14.2 Å². The van der Waals surface area contributed by atoms with Gasteiger partial charge in [0.1, 0.15) is 19.8 Å². The maximum atomic E-state index is 11.7. The van der Waals surface area contributed by atoms with Crippen molar-refractivity contribution < 1.29 is 67.9 Å². The van der Waals surface area contributed by atoms with Gasteiger partial charge in [-0.1, -0.05) is 0 Å².